The van der Waals surface area contributed by atoms with Crippen LogP contribution in [0.1, 0.15) is 47.5 Å². The normalized spacial score (nSPS) is 21.7. The molecule has 2 atom stereocenters. The molecule has 1 fully saturated rings. The van der Waals surface area contributed by atoms with Crippen molar-refractivity contribution in [3.05, 3.63) is 41.7 Å². The number of thioether (sulfide) groups is 1. The highest BCUT2D eigenvalue weighted by molar-refractivity contribution is 8.00. The topological polar surface area (TPSA) is 64.1 Å². The van der Waals surface area contributed by atoms with Crippen molar-refractivity contribution in [1.29, 1.82) is 0 Å². The van der Waals surface area contributed by atoms with Crippen molar-refractivity contribution in [2.45, 2.75) is 41.9 Å². The van der Waals surface area contributed by atoms with E-state index >= 15 is 0 Å². The lowest BCUT2D eigenvalue weighted by molar-refractivity contribution is 0.0602. The highest BCUT2D eigenvalue weighted by Gasteiger charge is 2.38. The molecule has 6 heteroatoms. The molecule has 0 saturated heterocycles. The zero-order valence-electron chi connectivity index (χ0n) is 13.5. The van der Waals surface area contributed by atoms with Gasteiger partial charge in [-0.1, -0.05) is 25.0 Å². The van der Waals surface area contributed by atoms with E-state index in [9.17, 15) is 4.79 Å². The van der Waals surface area contributed by atoms with Crippen molar-refractivity contribution in [2.75, 3.05) is 12.4 Å². The summed E-state index contributed by atoms with van der Waals surface area (Å²) in [5.74, 6) is 0.972. The van der Waals surface area contributed by atoms with Crippen molar-refractivity contribution < 1.29 is 9.53 Å². The van der Waals surface area contributed by atoms with Crippen LogP contribution in [0.25, 0.3) is 0 Å². The Morgan fingerprint density at radius 3 is 2.96 bits per heavy atom. The van der Waals surface area contributed by atoms with Gasteiger partial charge in [0.1, 0.15) is 17.2 Å². The number of anilines is 2. The molecular weight excluding hydrogens is 322 g/mol. The van der Waals surface area contributed by atoms with Crippen LogP contribution in [0.2, 0.25) is 0 Å². The summed E-state index contributed by atoms with van der Waals surface area (Å²) in [7, 11) is 1.39. The van der Waals surface area contributed by atoms with E-state index in [0.29, 0.717) is 16.7 Å². The van der Waals surface area contributed by atoms with E-state index in [0.717, 1.165) is 16.5 Å². The molecule has 24 heavy (non-hydrogen) atoms. The van der Waals surface area contributed by atoms with Crippen LogP contribution in [0.15, 0.2) is 35.6 Å². The second-order valence-corrected chi connectivity index (χ2v) is 7.38. The van der Waals surface area contributed by atoms with Crippen molar-refractivity contribution in [1.82, 2.24) is 9.97 Å². The molecule has 2 unspecified atom stereocenters. The van der Waals surface area contributed by atoms with E-state index < -0.39 is 0 Å². The van der Waals surface area contributed by atoms with E-state index in [2.05, 4.69) is 15.3 Å². The van der Waals surface area contributed by atoms with Gasteiger partial charge in [0.25, 0.3) is 0 Å². The molecule has 0 amide bonds. The van der Waals surface area contributed by atoms with E-state index in [1.807, 2.05) is 30.0 Å². The number of rotatable bonds is 3. The first-order valence-corrected chi connectivity index (χ1v) is 9.12. The SMILES string of the molecule is COC(=O)c1ccccc1Nc1ncnc2c1C1CCCCC1S2. The third-order valence-corrected chi connectivity index (χ3v) is 6.18. The van der Waals surface area contributed by atoms with Crippen LogP contribution in [0, 0.1) is 0 Å². The number of aromatic nitrogens is 2. The van der Waals surface area contributed by atoms with Crippen molar-refractivity contribution >= 4 is 29.2 Å². The Hall–Kier alpha value is -2.08. The summed E-state index contributed by atoms with van der Waals surface area (Å²) in [6, 6.07) is 7.36. The Kier molecular flexibility index (Phi) is 4.14. The number of nitrogens with one attached hydrogen (secondary N) is 1. The van der Waals surface area contributed by atoms with Crippen LogP contribution in [0.4, 0.5) is 11.5 Å². The van der Waals surface area contributed by atoms with Crippen molar-refractivity contribution in [3.8, 4) is 0 Å². The minimum Gasteiger partial charge on any atom is -0.465 e. The quantitative estimate of drug-likeness (QED) is 0.669. The van der Waals surface area contributed by atoms with Gasteiger partial charge in [-0.2, -0.15) is 0 Å². The average Bonchev–Trinajstić information content (AvgIpc) is 3.01. The smallest absolute Gasteiger partial charge is 0.339 e. The zero-order chi connectivity index (χ0) is 16.5. The van der Waals surface area contributed by atoms with Crippen molar-refractivity contribution in [3.63, 3.8) is 0 Å². The van der Waals surface area contributed by atoms with Crippen LogP contribution < -0.4 is 5.32 Å². The van der Waals surface area contributed by atoms with Gasteiger partial charge in [0.05, 0.1) is 18.4 Å². The number of hydrogen-bond donors (Lipinski definition) is 1. The zero-order valence-corrected chi connectivity index (χ0v) is 14.3. The monoisotopic (exact) mass is 341 g/mol. The molecule has 1 saturated carbocycles. The number of para-hydroxylation sites is 1. The van der Waals surface area contributed by atoms with Gasteiger partial charge in [-0.3, -0.25) is 0 Å². The Balaban J connectivity index is 1.71. The first-order chi connectivity index (χ1) is 11.8. The molecule has 5 nitrogen and oxygen atoms in total. The average molecular weight is 341 g/mol. The predicted octanol–water partition coefficient (Wildman–Crippen LogP) is 4.14. The first-order valence-electron chi connectivity index (χ1n) is 8.24. The molecule has 1 aromatic heterocycles. The fraction of sp³-hybridized carbons (Fsp3) is 0.389. The second-order valence-electron chi connectivity index (χ2n) is 6.15. The van der Waals surface area contributed by atoms with Gasteiger partial charge in [-0.05, 0) is 25.0 Å². The second kappa shape index (κ2) is 6.43. The van der Waals surface area contributed by atoms with Gasteiger partial charge in [-0.15, -0.1) is 11.8 Å². The summed E-state index contributed by atoms with van der Waals surface area (Å²) in [4.78, 5) is 20.9. The van der Waals surface area contributed by atoms with E-state index in [1.54, 1.807) is 12.4 Å². The number of carbonyl (C=O) groups is 1. The summed E-state index contributed by atoms with van der Waals surface area (Å²) in [6.45, 7) is 0. The van der Waals surface area contributed by atoms with Gasteiger partial charge in [-0.25, -0.2) is 14.8 Å². The molecule has 2 aromatic rings. The molecule has 2 aliphatic rings. The van der Waals surface area contributed by atoms with E-state index in [-0.39, 0.29) is 5.97 Å². The Morgan fingerprint density at radius 1 is 1.25 bits per heavy atom. The molecule has 1 aliphatic heterocycles. The molecule has 2 heterocycles. The summed E-state index contributed by atoms with van der Waals surface area (Å²) in [6.07, 6.45) is 6.58. The minimum atomic E-state index is -0.353. The Morgan fingerprint density at radius 2 is 2.08 bits per heavy atom. The summed E-state index contributed by atoms with van der Waals surface area (Å²) < 4.78 is 4.88. The Labute approximate surface area is 145 Å². The highest BCUT2D eigenvalue weighted by Crippen LogP contribution is 2.53. The molecule has 0 radical (unpaired) electrons. The molecule has 124 valence electrons. The van der Waals surface area contributed by atoms with Crippen LogP contribution in [0.5, 0.6) is 0 Å². The minimum absolute atomic E-state index is 0.353. The first kappa shape index (κ1) is 15.4. The number of nitrogens with zero attached hydrogens (tertiary/aromatic N) is 2. The number of ether oxygens (including phenoxy) is 1. The molecule has 1 aliphatic carbocycles. The van der Waals surface area contributed by atoms with Crippen LogP contribution >= 0.6 is 11.8 Å². The van der Waals surface area contributed by atoms with E-state index in [4.69, 9.17) is 4.74 Å². The highest BCUT2D eigenvalue weighted by atomic mass is 32.2. The summed E-state index contributed by atoms with van der Waals surface area (Å²) in [5.41, 5.74) is 2.44. The largest absolute Gasteiger partial charge is 0.465 e. The maximum absolute atomic E-state index is 12.0. The number of esters is 1. The van der Waals surface area contributed by atoms with Crippen molar-refractivity contribution in [2.24, 2.45) is 0 Å². The lowest BCUT2D eigenvalue weighted by Crippen LogP contribution is -2.16. The number of fused-ring (bicyclic) bond motifs is 3. The Bertz CT molecular complexity index is 781. The number of benzene rings is 1. The molecule has 1 N–H and O–H groups in total. The van der Waals surface area contributed by atoms with Gasteiger partial charge in [0, 0.05) is 16.7 Å². The summed E-state index contributed by atoms with van der Waals surface area (Å²) >= 11 is 1.88. The van der Waals surface area contributed by atoms with Gasteiger partial charge >= 0.3 is 5.97 Å². The van der Waals surface area contributed by atoms with Crippen LogP contribution in [0.3, 0.4) is 0 Å². The lowest BCUT2D eigenvalue weighted by Gasteiger charge is -2.25. The summed E-state index contributed by atoms with van der Waals surface area (Å²) in [5, 5.41) is 5.05. The maximum Gasteiger partial charge on any atom is 0.339 e. The molecule has 4 rings (SSSR count). The van der Waals surface area contributed by atoms with Gasteiger partial charge in [0.15, 0.2) is 0 Å². The third-order valence-electron chi connectivity index (χ3n) is 4.77. The van der Waals surface area contributed by atoms with E-state index in [1.165, 1.54) is 38.4 Å². The fourth-order valence-electron chi connectivity index (χ4n) is 3.63. The molecule has 0 spiro atoms. The fourth-order valence-corrected chi connectivity index (χ4v) is 5.12. The lowest BCUT2D eigenvalue weighted by atomic mass is 9.84. The predicted molar refractivity (Wildman–Crippen MR) is 94.0 cm³/mol. The van der Waals surface area contributed by atoms with Crippen LogP contribution in [-0.2, 0) is 4.74 Å². The molecule has 1 aromatic carbocycles. The number of methoxy groups -OCH3 is 1. The standard InChI is InChI=1S/C18H19N3O2S/c1-23-18(22)11-6-2-4-8-13(11)21-16-15-12-7-3-5-9-14(12)24-17(15)20-10-19-16/h2,4,6,8,10,12,14H,3,5,7,9H2,1H3,(H,19,20,21). The van der Waals surface area contributed by atoms with Crippen LogP contribution in [-0.4, -0.2) is 28.3 Å². The maximum atomic E-state index is 12.0. The number of hydrogen-bond acceptors (Lipinski definition) is 6. The molecular formula is C18H19N3O2S. The third kappa shape index (κ3) is 2.65. The molecule has 0 bridgehead atoms. The number of carbonyl (C=O) groups excluding carboxylic acids is 1. The van der Waals surface area contributed by atoms with Gasteiger partial charge < -0.3 is 10.1 Å². The van der Waals surface area contributed by atoms with Gasteiger partial charge in [0.2, 0.25) is 0 Å².